The lowest BCUT2D eigenvalue weighted by Crippen LogP contribution is -2.18. The Hall–Kier alpha value is -1.36. The Balaban J connectivity index is 1.96. The first-order chi connectivity index (χ1) is 9.56. The number of nitrogens with one attached hydrogen (secondary N) is 2. The quantitative estimate of drug-likeness (QED) is 0.868. The van der Waals surface area contributed by atoms with E-state index in [9.17, 15) is 4.79 Å². The topological polar surface area (TPSA) is 41.1 Å². The average molecular weight is 309 g/mol. The van der Waals surface area contributed by atoms with Gasteiger partial charge >= 0.3 is 0 Å². The molecule has 2 aromatic rings. The Morgan fingerprint density at radius 3 is 2.65 bits per heavy atom. The number of carbonyl (C=O) groups excluding carboxylic acids is 1. The van der Waals surface area contributed by atoms with Crippen LogP contribution >= 0.6 is 22.9 Å². The highest BCUT2D eigenvalue weighted by molar-refractivity contribution is 7.10. The Morgan fingerprint density at radius 1 is 1.30 bits per heavy atom. The van der Waals surface area contributed by atoms with Crippen LogP contribution in [0.5, 0.6) is 0 Å². The molecule has 5 heteroatoms. The maximum atomic E-state index is 11.1. The molecule has 3 nitrogen and oxygen atoms in total. The van der Waals surface area contributed by atoms with Crippen molar-refractivity contribution in [1.29, 1.82) is 0 Å². The summed E-state index contributed by atoms with van der Waals surface area (Å²) in [5.74, 6) is -0.0459. The Bertz CT molecular complexity index is 580. The predicted octanol–water partition coefficient (Wildman–Crippen LogP) is 4.21. The van der Waals surface area contributed by atoms with E-state index in [1.807, 2.05) is 35.7 Å². The van der Waals surface area contributed by atoms with Gasteiger partial charge < -0.3 is 10.6 Å². The van der Waals surface area contributed by atoms with Crippen LogP contribution in [0.1, 0.15) is 30.3 Å². The molecule has 0 radical (unpaired) electrons. The second kappa shape index (κ2) is 6.88. The lowest BCUT2D eigenvalue weighted by molar-refractivity contribution is -0.114. The summed E-state index contributed by atoms with van der Waals surface area (Å²) in [6, 6.07) is 9.97. The SMILES string of the molecule is CC(=O)Nc1ccsc1CN[C@@H](C)c1ccc(Cl)cc1. The maximum absolute atomic E-state index is 11.1. The van der Waals surface area contributed by atoms with E-state index in [1.165, 1.54) is 12.5 Å². The Labute approximate surface area is 128 Å². The molecule has 0 spiro atoms. The van der Waals surface area contributed by atoms with Crippen LogP contribution in [0.25, 0.3) is 0 Å². The van der Waals surface area contributed by atoms with E-state index in [1.54, 1.807) is 11.3 Å². The van der Waals surface area contributed by atoms with E-state index in [2.05, 4.69) is 17.6 Å². The van der Waals surface area contributed by atoms with Crippen molar-refractivity contribution in [1.82, 2.24) is 5.32 Å². The number of halogens is 1. The fourth-order valence-corrected chi connectivity index (χ4v) is 2.80. The van der Waals surface area contributed by atoms with E-state index in [0.717, 1.165) is 22.1 Å². The molecule has 0 bridgehead atoms. The van der Waals surface area contributed by atoms with Gasteiger partial charge in [-0.2, -0.15) is 0 Å². The van der Waals surface area contributed by atoms with Crippen LogP contribution in [0.15, 0.2) is 35.7 Å². The molecule has 1 aromatic carbocycles. The van der Waals surface area contributed by atoms with Crippen molar-refractivity contribution >= 4 is 34.5 Å². The highest BCUT2D eigenvalue weighted by atomic mass is 35.5. The molecule has 0 saturated heterocycles. The highest BCUT2D eigenvalue weighted by Gasteiger charge is 2.09. The zero-order valence-electron chi connectivity index (χ0n) is 11.4. The van der Waals surface area contributed by atoms with Gasteiger partial charge in [-0.25, -0.2) is 0 Å². The molecule has 1 atom stereocenters. The average Bonchev–Trinajstić information content (AvgIpc) is 2.83. The minimum absolute atomic E-state index is 0.0459. The number of amides is 1. The van der Waals surface area contributed by atoms with Gasteiger partial charge in [0.2, 0.25) is 5.91 Å². The molecular weight excluding hydrogens is 292 g/mol. The van der Waals surface area contributed by atoms with Crippen molar-refractivity contribution in [2.24, 2.45) is 0 Å². The summed E-state index contributed by atoms with van der Waals surface area (Å²) in [7, 11) is 0. The van der Waals surface area contributed by atoms with Crippen LogP contribution in [0.2, 0.25) is 5.02 Å². The fourth-order valence-electron chi connectivity index (χ4n) is 1.89. The minimum atomic E-state index is -0.0459. The summed E-state index contributed by atoms with van der Waals surface area (Å²) in [6.07, 6.45) is 0. The molecule has 0 unspecified atom stereocenters. The first-order valence-electron chi connectivity index (χ1n) is 6.39. The lowest BCUT2D eigenvalue weighted by atomic mass is 10.1. The number of hydrogen-bond donors (Lipinski definition) is 2. The van der Waals surface area contributed by atoms with Crippen LogP contribution in [-0.4, -0.2) is 5.91 Å². The van der Waals surface area contributed by atoms with Gasteiger partial charge in [0.1, 0.15) is 0 Å². The van der Waals surface area contributed by atoms with E-state index < -0.39 is 0 Å². The van der Waals surface area contributed by atoms with E-state index >= 15 is 0 Å². The minimum Gasteiger partial charge on any atom is -0.325 e. The Kier molecular flexibility index (Phi) is 5.17. The molecule has 2 rings (SSSR count). The number of anilines is 1. The normalized spacial score (nSPS) is 12.2. The summed E-state index contributed by atoms with van der Waals surface area (Å²) in [5, 5.41) is 9.01. The molecule has 1 amide bonds. The smallest absolute Gasteiger partial charge is 0.221 e. The number of hydrogen-bond acceptors (Lipinski definition) is 3. The van der Waals surface area contributed by atoms with E-state index in [0.29, 0.717) is 0 Å². The largest absolute Gasteiger partial charge is 0.325 e. The monoisotopic (exact) mass is 308 g/mol. The number of benzene rings is 1. The van der Waals surface area contributed by atoms with Gasteiger partial charge in [0.25, 0.3) is 0 Å². The van der Waals surface area contributed by atoms with Crippen LogP contribution in [0.3, 0.4) is 0 Å². The summed E-state index contributed by atoms with van der Waals surface area (Å²) < 4.78 is 0. The second-order valence-electron chi connectivity index (χ2n) is 4.59. The first kappa shape index (κ1) is 15.0. The third-order valence-electron chi connectivity index (χ3n) is 2.99. The lowest BCUT2D eigenvalue weighted by Gasteiger charge is -2.14. The molecule has 0 aliphatic carbocycles. The van der Waals surface area contributed by atoms with Gasteiger partial charge in [-0.1, -0.05) is 23.7 Å². The number of thiophene rings is 1. The molecule has 0 fully saturated rings. The zero-order chi connectivity index (χ0) is 14.5. The van der Waals surface area contributed by atoms with Crippen molar-refractivity contribution in [3.63, 3.8) is 0 Å². The van der Waals surface area contributed by atoms with Crippen molar-refractivity contribution in [2.75, 3.05) is 5.32 Å². The van der Waals surface area contributed by atoms with Gasteiger partial charge in [0.15, 0.2) is 0 Å². The predicted molar refractivity (Wildman–Crippen MR) is 85.3 cm³/mol. The van der Waals surface area contributed by atoms with Crippen LogP contribution in [0, 0.1) is 0 Å². The van der Waals surface area contributed by atoms with Gasteiger partial charge in [-0.15, -0.1) is 11.3 Å². The van der Waals surface area contributed by atoms with Gasteiger partial charge in [0.05, 0.1) is 5.69 Å². The van der Waals surface area contributed by atoms with E-state index in [-0.39, 0.29) is 11.9 Å². The van der Waals surface area contributed by atoms with E-state index in [4.69, 9.17) is 11.6 Å². The molecule has 106 valence electrons. The summed E-state index contributed by atoms with van der Waals surface area (Å²) >= 11 is 7.52. The molecule has 0 aliphatic heterocycles. The molecule has 1 aromatic heterocycles. The van der Waals surface area contributed by atoms with Crippen LogP contribution in [0.4, 0.5) is 5.69 Å². The number of carbonyl (C=O) groups is 1. The van der Waals surface area contributed by atoms with Crippen molar-refractivity contribution < 1.29 is 4.79 Å². The molecule has 0 aliphatic rings. The molecule has 20 heavy (non-hydrogen) atoms. The van der Waals surface area contributed by atoms with Crippen molar-refractivity contribution in [3.05, 3.63) is 51.2 Å². The molecule has 0 saturated carbocycles. The van der Waals surface area contributed by atoms with Crippen molar-refractivity contribution in [3.8, 4) is 0 Å². The van der Waals surface area contributed by atoms with Crippen molar-refractivity contribution in [2.45, 2.75) is 26.4 Å². The maximum Gasteiger partial charge on any atom is 0.221 e. The number of rotatable bonds is 5. The van der Waals surface area contributed by atoms with Crippen LogP contribution < -0.4 is 10.6 Å². The highest BCUT2D eigenvalue weighted by Crippen LogP contribution is 2.23. The van der Waals surface area contributed by atoms with Crippen LogP contribution in [-0.2, 0) is 11.3 Å². The standard InChI is InChI=1S/C15H17ClN2OS/c1-10(12-3-5-13(16)6-4-12)17-9-15-14(7-8-20-15)18-11(2)19/h3-8,10,17H,9H2,1-2H3,(H,18,19)/t10-/m0/s1. The fraction of sp³-hybridized carbons (Fsp3) is 0.267. The zero-order valence-corrected chi connectivity index (χ0v) is 13.0. The Morgan fingerprint density at radius 2 is 2.00 bits per heavy atom. The van der Waals surface area contributed by atoms with Gasteiger partial charge in [0, 0.05) is 29.4 Å². The molecular formula is C15H17ClN2OS. The summed E-state index contributed by atoms with van der Waals surface area (Å²) in [5.41, 5.74) is 2.07. The summed E-state index contributed by atoms with van der Waals surface area (Å²) in [4.78, 5) is 12.2. The molecule has 2 N–H and O–H groups in total. The molecule has 1 heterocycles. The van der Waals surface area contributed by atoms with Gasteiger partial charge in [-0.3, -0.25) is 4.79 Å². The second-order valence-corrected chi connectivity index (χ2v) is 6.03. The summed E-state index contributed by atoms with van der Waals surface area (Å²) in [6.45, 7) is 4.34. The first-order valence-corrected chi connectivity index (χ1v) is 7.65. The third kappa shape index (κ3) is 4.07. The third-order valence-corrected chi connectivity index (χ3v) is 4.17. The van der Waals surface area contributed by atoms with Gasteiger partial charge in [-0.05, 0) is 36.1 Å².